The Morgan fingerprint density at radius 2 is 1.89 bits per heavy atom. The van der Waals surface area contributed by atoms with Crippen molar-refractivity contribution in [2.45, 2.75) is 45.2 Å². The van der Waals surface area contributed by atoms with Gasteiger partial charge in [0.05, 0.1) is 17.1 Å². The summed E-state index contributed by atoms with van der Waals surface area (Å²) in [6.07, 6.45) is 9.67. The number of aromatic nitrogens is 3. The van der Waals surface area contributed by atoms with Crippen LogP contribution >= 0.6 is 0 Å². The van der Waals surface area contributed by atoms with Gasteiger partial charge in [-0.15, -0.1) is 0 Å². The zero-order valence-electron chi connectivity index (χ0n) is 16.0. The number of nitrogens with one attached hydrogen (secondary N) is 1. The fraction of sp³-hybridized carbons (Fsp3) is 0.318. The second-order valence-corrected chi connectivity index (χ2v) is 7.20. The highest BCUT2D eigenvalue weighted by Crippen LogP contribution is 2.24. The standard InChI is InChI=1S/C22H24N4O2/c1-16(17-11-13-23-14-12-17)24-21(27)15-25-19-9-5-6-10-20(19)26(22(25)28)18-7-3-2-4-8-18/h5-7,9-14,16H,2-4,8,15H2,1H3,(H,24,27). The van der Waals surface area contributed by atoms with Crippen LogP contribution in [0.25, 0.3) is 16.7 Å². The van der Waals surface area contributed by atoms with Crippen molar-refractivity contribution in [2.75, 3.05) is 0 Å². The number of carbonyl (C=O) groups excluding carboxylic acids is 1. The summed E-state index contributed by atoms with van der Waals surface area (Å²) in [7, 11) is 0. The van der Waals surface area contributed by atoms with E-state index in [1.165, 1.54) is 0 Å². The first-order chi connectivity index (χ1) is 13.6. The van der Waals surface area contributed by atoms with Crippen molar-refractivity contribution in [3.8, 4) is 0 Å². The molecule has 1 aliphatic carbocycles. The number of hydrogen-bond donors (Lipinski definition) is 1. The summed E-state index contributed by atoms with van der Waals surface area (Å²) in [4.78, 5) is 29.8. The third-order valence-corrected chi connectivity index (χ3v) is 5.28. The molecule has 0 aliphatic heterocycles. The van der Waals surface area contributed by atoms with Crippen molar-refractivity contribution in [3.05, 3.63) is 70.9 Å². The molecule has 1 amide bonds. The van der Waals surface area contributed by atoms with Gasteiger partial charge in [-0.2, -0.15) is 0 Å². The minimum atomic E-state index is -0.188. The Labute approximate surface area is 163 Å². The van der Waals surface area contributed by atoms with E-state index >= 15 is 0 Å². The number of hydrogen-bond acceptors (Lipinski definition) is 3. The van der Waals surface area contributed by atoms with Gasteiger partial charge in [-0.05, 0) is 62.4 Å². The third kappa shape index (κ3) is 3.50. The Morgan fingerprint density at radius 3 is 2.61 bits per heavy atom. The molecule has 0 spiro atoms. The summed E-state index contributed by atoms with van der Waals surface area (Å²) in [6, 6.07) is 11.3. The summed E-state index contributed by atoms with van der Waals surface area (Å²) in [6.45, 7) is 1.92. The van der Waals surface area contributed by atoms with E-state index in [0.717, 1.165) is 48.0 Å². The van der Waals surface area contributed by atoms with Gasteiger partial charge in [-0.1, -0.05) is 18.2 Å². The molecule has 144 valence electrons. The number of nitrogens with zero attached hydrogens (tertiary/aromatic N) is 3. The highest BCUT2D eigenvalue weighted by molar-refractivity contribution is 5.83. The molecule has 2 aromatic heterocycles. The van der Waals surface area contributed by atoms with Crippen LogP contribution in [0.15, 0.2) is 59.7 Å². The van der Waals surface area contributed by atoms with Crippen molar-refractivity contribution >= 4 is 22.6 Å². The smallest absolute Gasteiger partial charge is 0.333 e. The lowest BCUT2D eigenvalue weighted by atomic mass is 10.0. The fourth-order valence-electron chi connectivity index (χ4n) is 3.83. The van der Waals surface area contributed by atoms with Gasteiger partial charge in [0.15, 0.2) is 0 Å². The van der Waals surface area contributed by atoms with Crippen LogP contribution in [0.5, 0.6) is 0 Å². The molecule has 1 aliphatic rings. The first kappa shape index (κ1) is 18.2. The number of amides is 1. The predicted octanol–water partition coefficient (Wildman–Crippen LogP) is 3.49. The van der Waals surface area contributed by atoms with Gasteiger partial charge in [0.1, 0.15) is 6.54 Å². The van der Waals surface area contributed by atoms with Crippen molar-refractivity contribution in [1.82, 2.24) is 19.4 Å². The molecule has 1 N–H and O–H groups in total. The number of fused-ring (bicyclic) bond motifs is 1. The molecule has 6 heteroatoms. The number of para-hydroxylation sites is 2. The molecule has 1 atom stereocenters. The molecule has 0 fully saturated rings. The Morgan fingerprint density at radius 1 is 1.14 bits per heavy atom. The van der Waals surface area contributed by atoms with Crippen molar-refractivity contribution in [3.63, 3.8) is 0 Å². The average molecular weight is 376 g/mol. The van der Waals surface area contributed by atoms with Crippen LogP contribution in [-0.2, 0) is 11.3 Å². The van der Waals surface area contributed by atoms with Gasteiger partial charge < -0.3 is 5.32 Å². The van der Waals surface area contributed by atoms with E-state index in [1.807, 2.05) is 43.3 Å². The average Bonchev–Trinajstić information content (AvgIpc) is 3.01. The fourth-order valence-corrected chi connectivity index (χ4v) is 3.83. The van der Waals surface area contributed by atoms with Crippen molar-refractivity contribution in [1.29, 1.82) is 0 Å². The highest BCUT2D eigenvalue weighted by Gasteiger charge is 2.19. The Hall–Kier alpha value is -3.15. The predicted molar refractivity (Wildman–Crippen MR) is 110 cm³/mol. The third-order valence-electron chi connectivity index (χ3n) is 5.28. The second kappa shape index (κ2) is 7.84. The lowest BCUT2D eigenvalue weighted by molar-refractivity contribution is -0.122. The number of carbonyl (C=O) groups is 1. The van der Waals surface area contributed by atoms with Gasteiger partial charge in [-0.3, -0.25) is 18.9 Å². The molecular weight excluding hydrogens is 352 g/mol. The van der Waals surface area contributed by atoms with Gasteiger partial charge >= 0.3 is 5.69 Å². The molecule has 1 aromatic carbocycles. The van der Waals surface area contributed by atoms with Crippen molar-refractivity contribution < 1.29 is 4.79 Å². The van der Waals surface area contributed by atoms with E-state index in [4.69, 9.17) is 0 Å². The maximum absolute atomic E-state index is 13.2. The lowest BCUT2D eigenvalue weighted by Gasteiger charge is -2.14. The van der Waals surface area contributed by atoms with Crippen LogP contribution in [0, 0.1) is 0 Å². The SMILES string of the molecule is CC(NC(=O)Cn1c(=O)n(C2=CCCCC2)c2ccccc21)c1ccncc1. The van der Waals surface area contributed by atoms with E-state index in [9.17, 15) is 9.59 Å². The largest absolute Gasteiger partial charge is 0.348 e. The Balaban J connectivity index is 1.64. The van der Waals surface area contributed by atoms with E-state index in [0.29, 0.717) is 0 Å². The molecule has 6 nitrogen and oxygen atoms in total. The summed E-state index contributed by atoms with van der Waals surface area (Å²) in [5, 5.41) is 2.98. The van der Waals surface area contributed by atoms with E-state index < -0.39 is 0 Å². The monoisotopic (exact) mass is 376 g/mol. The van der Waals surface area contributed by atoms with Crippen LogP contribution in [-0.4, -0.2) is 20.0 Å². The zero-order chi connectivity index (χ0) is 19.5. The summed E-state index contributed by atoms with van der Waals surface area (Å²) >= 11 is 0. The van der Waals surface area contributed by atoms with Crippen LogP contribution in [0.1, 0.15) is 44.2 Å². The summed E-state index contributed by atoms with van der Waals surface area (Å²) in [5.41, 5.74) is 3.50. The topological polar surface area (TPSA) is 68.9 Å². The maximum atomic E-state index is 13.2. The zero-order valence-corrected chi connectivity index (χ0v) is 16.0. The van der Waals surface area contributed by atoms with Gasteiger partial charge in [-0.25, -0.2) is 4.79 Å². The summed E-state index contributed by atoms with van der Waals surface area (Å²) < 4.78 is 3.34. The molecule has 4 rings (SSSR count). The minimum Gasteiger partial charge on any atom is -0.348 e. The van der Waals surface area contributed by atoms with Crippen LogP contribution in [0.4, 0.5) is 0 Å². The van der Waals surface area contributed by atoms with Crippen molar-refractivity contribution in [2.24, 2.45) is 0 Å². The molecule has 0 bridgehead atoms. The minimum absolute atomic E-state index is 0.00491. The van der Waals surface area contributed by atoms with Gasteiger partial charge in [0, 0.05) is 18.1 Å². The van der Waals surface area contributed by atoms with E-state index in [2.05, 4.69) is 16.4 Å². The Kier molecular flexibility index (Phi) is 5.10. The molecule has 28 heavy (non-hydrogen) atoms. The molecular formula is C22H24N4O2. The van der Waals surface area contributed by atoms with Gasteiger partial charge in [0.2, 0.25) is 5.91 Å². The second-order valence-electron chi connectivity index (χ2n) is 7.20. The first-order valence-electron chi connectivity index (χ1n) is 9.74. The molecule has 1 unspecified atom stereocenters. The van der Waals surface area contributed by atoms with Gasteiger partial charge in [0.25, 0.3) is 0 Å². The number of allylic oxidation sites excluding steroid dienone is 2. The quantitative estimate of drug-likeness (QED) is 0.741. The maximum Gasteiger partial charge on any atom is 0.333 e. The normalized spacial score (nSPS) is 15.2. The molecule has 0 saturated carbocycles. The lowest BCUT2D eigenvalue weighted by Crippen LogP contribution is -2.34. The number of imidazole rings is 1. The summed E-state index contributed by atoms with van der Waals surface area (Å²) in [5.74, 6) is -0.188. The number of rotatable bonds is 5. The molecule has 0 saturated heterocycles. The highest BCUT2D eigenvalue weighted by atomic mass is 16.2. The number of pyridine rings is 1. The van der Waals surface area contributed by atoms with Crippen LogP contribution in [0.3, 0.4) is 0 Å². The Bertz CT molecular complexity index is 1080. The molecule has 0 radical (unpaired) electrons. The molecule has 3 aromatic rings. The number of benzene rings is 1. The van der Waals surface area contributed by atoms with E-state index in [1.54, 1.807) is 21.5 Å². The molecule has 2 heterocycles. The van der Waals surface area contributed by atoms with Crippen LogP contribution in [0.2, 0.25) is 0 Å². The van der Waals surface area contributed by atoms with Crippen LogP contribution < -0.4 is 11.0 Å². The first-order valence-corrected chi connectivity index (χ1v) is 9.74. The van der Waals surface area contributed by atoms with E-state index in [-0.39, 0.29) is 24.2 Å².